The number of amidine groups is 1. The fourth-order valence-corrected chi connectivity index (χ4v) is 2.54. The SMILES string of the molecule is C=C/N=C(C/C(=C/C)CC=C(C)Cl)\C(N)=N/CCN(CCC)CCC. The Morgan fingerprint density at radius 3 is 2.32 bits per heavy atom. The molecule has 2 N–H and O–H groups in total. The van der Waals surface area contributed by atoms with Crippen LogP contribution >= 0.6 is 11.6 Å². The Bertz CT molecular complexity index is 494. The van der Waals surface area contributed by atoms with Crippen molar-refractivity contribution in [2.45, 2.75) is 53.4 Å². The second-order valence-corrected chi connectivity index (χ2v) is 6.58. The van der Waals surface area contributed by atoms with Crippen LogP contribution in [0.3, 0.4) is 0 Å². The Hall–Kier alpha value is -1.39. The number of hydrogen-bond acceptors (Lipinski definition) is 3. The van der Waals surface area contributed by atoms with Crippen molar-refractivity contribution in [3.63, 3.8) is 0 Å². The van der Waals surface area contributed by atoms with E-state index in [1.54, 1.807) is 0 Å². The molecule has 0 atom stereocenters. The van der Waals surface area contributed by atoms with Gasteiger partial charge in [0.2, 0.25) is 0 Å². The molecule has 0 bridgehead atoms. The van der Waals surface area contributed by atoms with Gasteiger partial charge in [-0.05, 0) is 46.2 Å². The van der Waals surface area contributed by atoms with E-state index in [-0.39, 0.29) is 0 Å². The molecule has 0 saturated carbocycles. The molecule has 0 heterocycles. The monoisotopic (exact) mass is 366 g/mol. The fourth-order valence-electron chi connectivity index (χ4n) is 2.46. The van der Waals surface area contributed by atoms with Crippen molar-refractivity contribution in [3.05, 3.63) is 35.5 Å². The molecule has 0 spiro atoms. The van der Waals surface area contributed by atoms with Crippen LogP contribution in [-0.4, -0.2) is 42.6 Å². The van der Waals surface area contributed by atoms with Crippen LogP contribution in [0.4, 0.5) is 0 Å². The summed E-state index contributed by atoms with van der Waals surface area (Å²) in [5.41, 5.74) is 8.15. The summed E-state index contributed by atoms with van der Waals surface area (Å²) in [5.74, 6) is 0.499. The van der Waals surface area contributed by atoms with Gasteiger partial charge in [-0.3, -0.25) is 9.98 Å². The second-order valence-electron chi connectivity index (χ2n) is 5.99. The molecule has 5 heteroatoms. The molecule has 0 radical (unpaired) electrons. The first-order chi connectivity index (χ1) is 12.0. The van der Waals surface area contributed by atoms with Crippen LogP contribution in [0.1, 0.15) is 53.4 Å². The number of nitrogens with zero attached hydrogens (tertiary/aromatic N) is 3. The Morgan fingerprint density at radius 2 is 1.84 bits per heavy atom. The van der Waals surface area contributed by atoms with E-state index < -0.39 is 0 Å². The predicted molar refractivity (Wildman–Crippen MR) is 114 cm³/mol. The molecule has 0 aliphatic carbocycles. The Kier molecular flexibility index (Phi) is 14.1. The molecular formula is C20H35ClN4. The second kappa shape index (κ2) is 14.9. The molecule has 0 unspecified atom stereocenters. The topological polar surface area (TPSA) is 54.0 Å². The summed E-state index contributed by atoms with van der Waals surface area (Å²) in [6.45, 7) is 15.8. The highest BCUT2D eigenvalue weighted by atomic mass is 35.5. The summed E-state index contributed by atoms with van der Waals surface area (Å²) < 4.78 is 0. The van der Waals surface area contributed by atoms with E-state index in [0.29, 0.717) is 18.8 Å². The van der Waals surface area contributed by atoms with Crippen molar-refractivity contribution < 1.29 is 0 Å². The van der Waals surface area contributed by atoms with Crippen molar-refractivity contribution in [3.8, 4) is 0 Å². The van der Waals surface area contributed by atoms with E-state index in [4.69, 9.17) is 17.3 Å². The van der Waals surface area contributed by atoms with E-state index in [0.717, 1.165) is 49.6 Å². The first kappa shape index (κ1) is 23.6. The zero-order valence-corrected chi connectivity index (χ0v) is 17.1. The third-order valence-electron chi connectivity index (χ3n) is 3.77. The smallest absolute Gasteiger partial charge is 0.140 e. The molecule has 25 heavy (non-hydrogen) atoms. The highest BCUT2D eigenvalue weighted by molar-refractivity contribution is 6.41. The number of hydrogen-bond donors (Lipinski definition) is 1. The number of halogens is 1. The van der Waals surface area contributed by atoms with Crippen LogP contribution in [0.25, 0.3) is 0 Å². The van der Waals surface area contributed by atoms with Gasteiger partial charge in [-0.1, -0.05) is 49.8 Å². The summed E-state index contributed by atoms with van der Waals surface area (Å²) in [4.78, 5) is 11.3. The summed E-state index contributed by atoms with van der Waals surface area (Å²) in [7, 11) is 0. The van der Waals surface area contributed by atoms with Crippen LogP contribution in [-0.2, 0) is 0 Å². The molecule has 0 aromatic carbocycles. The van der Waals surface area contributed by atoms with Crippen molar-refractivity contribution in [2.24, 2.45) is 15.7 Å². The van der Waals surface area contributed by atoms with Gasteiger partial charge in [0.05, 0.1) is 12.3 Å². The Balaban J connectivity index is 4.87. The van der Waals surface area contributed by atoms with Gasteiger partial charge in [-0.25, -0.2) is 0 Å². The van der Waals surface area contributed by atoms with Crippen LogP contribution in [0.2, 0.25) is 0 Å². The van der Waals surface area contributed by atoms with Gasteiger partial charge < -0.3 is 10.6 Å². The lowest BCUT2D eigenvalue weighted by atomic mass is 10.0. The average Bonchev–Trinajstić information content (AvgIpc) is 2.57. The minimum Gasteiger partial charge on any atom is -0.382 e. The quantitative estimate of drug-likeness (QED) is 0.286. The fraction of sp³-hybridized carbons (Fsp3) is 0.600. The van der Waals surface area contributed by atoms with E-state index in [1.807, 2.05) is 19.9 Å². The van der Waals surface area contributed by atoms with Gasteiger partial charge in [0.1, 0.15) is 5.84 Å². The zero-order chi connectivity index (χ0) is 19.1. The summed E-state index contributed by atoms with van der Waals surface area (Å²) in [6, 6.07) is 0. The molecule has 142 valence electrons. The highest BCUT2D eigenvalue weighted by Gasteiger charge is 2.08. The standard InChI is InChI=1S/C20H35ClN4/c1-6-13-25(14-7-2)15-12-24-20(22)19(23-9-4)16-18(8-3)11-10-17(5)21/h8-10H,4,6-7,11-16H2,1-3,5H3,(H2,22,24)/b17-10?,18-8+,23-19-. The molecule has 0 fully saturated rings. The molecule has 0 aromatic rings. The normalized spacial score (nSPS) is 14.3. The Morgan fingerprint density at radius 1 is 1.20 bits per heavy atom. The summed E-state index contributed by atoms with van der Waals surface area (Å²) in [6.07, 6.45) is 9.34. The molecule has 0 aliphatic heterocycles. The third-order valence-corrected chi connectivity index (χ3v) is 3.92. The van der Waals surface area contributed by atoms with Crippen LogP contribution < -0.4 is 5.73 Å². The van der Waals surface area contributed by atoms with Crippen LogP contribution in [0, 0.1) is 0 Å². The number of aliphatic imine (C=N–C) groups is 2. The summed E-state index contributed by atoms with van der Waals surface area (Å²) in [5, 5.41) is 0.787. The van der Waals surface area contributed by atoms with Crippen molar-refractivity contribution >= 4 is 23.1 Å². The van der Waals surface area contributed by atoms with Gasteiger partial charge in [0.15, 0.2) is 0 Å². The van der Waals surface area contributed by atoms with Gasteiger partial charge in [0.25, 0.3) is 0 Å². The van der Waals surface area contributed by atoms with Crippen molar-refractivity contribution in [1.82, 2.24) is 4.90 Å². The maximum absolute atomic E-state index is 6.18. The predicted octanol–water partition coefficient (Wildman–Crippen LogP) is 4.92. The van der Waals surface area contributed by atoms with Crippen LogP contribution in [0.15, 0.2) is 45.5 Å². The minimum absolute atomic E-state index is 0.499. The molecule has 0 aromatic heterocycles. The van der Waals surface area contributed by atoms with Crippen molar-refractivity contribution in [2.75, 3.05) is 26.2 Å². The maximum atomic E-state index is 6.18. The van der Waals surface area contributed by atoms with E-state index in [9.17, 15) is 0 Å². The largest absolute Gasteiger partial charge is 0.382 e. The number of nitrogens with two attached hydrogens (primary N) is 1. The Labute approximate surface area is 159 Å². The van der Waals surface area contributed by atoms with Gasteiger partial charge in [-0.15, -0.1) is 0 Å². The lowest BCUT2D eigenvalue weighted by Crippen LogP contribution is -2.30. The lowest BCUT2D eigenvalue weighted by Gasteiger charge is -2.19. The third kappa shape index (κ3) is 11.7. The number of allylic oxidation sites excluding steroid dienone is 4. The van der Waals surface area contributed by atoms with E-state index >= 15 is 0 Å². The molecule has 0 amide bonds. The first-order valence-electron chi connectivity index (χ1n) is 9.14. The summed E-state index contributed by atoms with van der Waals surface area (Å²) >= 11 is 5.92. The molecule has 0 saturated heterocycles. The molecule has 4 nitrogen and oxygen atoms in total. The van der Waals surface area contributed by atoms with E-state index in [2.05, 4.69) is 41.4 Å². The van der Waals surface area contributed by atoms with Crippen molar-refractivity contribution in [1.29, 1.82) is 0 Å². The first-order valence-corrected chi connectivity index (χ1v) is 9.52. The van der Waals surface area contributed by atoms with Gasteiger partial charge >= 0.3 is 0 Å². The minimum atomic E-state index is 0.499. The number of rotatable bonds is 13. The van der Waals surface area contributed by atoms with Gasteiger partial charge in [0, 0.05) is 24.2 Å². The average molecular weight is 367 g/mol. The maximum Gasteiger partial charge on any atom is 0.140 e. The zero-order valence-electron chi connectivity index (χ0n) is 16.4. The molecular weight excluding hydrogens is 332 g/mol. The highest BCUT2D eigenvalue weighted by Crippen LogP contribution is 2.13. The van der Waals surface area contributed by atoms with Gasteiger partial charge in [-0.2, -0.15) is 0 Å². The molecule has 0 aliphatic rings. The lowest BCUT2D eigenvalue weighted by molar-refractivity contribution is 0.282. The molecule has 0 rings (SSSR count). The van der Waals surface area contributed by atoms with E-state index in [1.165, 1.54) is 11.8 Å². The van der Waals surface area contributed by atoms with Crippen LogP contribution in [0.5, 0.6) is 0 Å².